The summed E-state index contributed by atoms with van der Waals surface area (Å²) in [4.78, 5) is 25.4. The Hall–Kier alpha value is -1.92. The molecule has 0 bridgehead atoms. The van der Waals surface area contributed by atoms with Crippen molar-refractivity contribution in [3.05, 3.63) is 46.5 Å². The number of rotatable bonds is 2. The molecule has 1 fully saturated rings. The molecule has 0 saturated carbocycles. The SMILES string of the molecule is CN1CCN(c2nc3c(s2)CN(C(=O)c2ccccc2)CC3)CC1. The number of anilines is 1. The number of amides is 1. The number of nitrogens with zero attached hydrogens (tertiary/aromatic N) is 4. The molecule has 4 rings (SSSR count). The van der Waals surface area contributed by atoms with Gasteiger partial charge in [0, 0.05) is 49.6 Å². The van der Waals surface area contributed by atoms with Crippen LogP contribution >= 0.6 is 11.3 Å². The van der Waals surface area contributed by atoms with E-state index in [1.54, 1.807) is 11.3 Å². The van der Waals surface area contributed by atoms with E-state index in [-0.39, 0.29) is 5.91 Å². The highest BCUT2D eigenvalue weighted by Gasteiger charge is 2.26. The van der Waals surface area contributed by atoms with Crippen molar-refractivity contribution in [1.82, 2.24) is 14.8 Å². The van der Waals surface area contributed by atoms with Crippen LogP contribution in [0.15, 0.2) is 30.3 Å². The van der Waals surface area contributed by atoms with Crippen molar-refractivity contribution >= 4 is 22.4 Å². The van der Waals surface area contributed by atoms with Gasteiger partial charge in [0.25, 0.3) is 5.91 Å². The molecule has 1 saturated heterocycles. The van der Waals surface area contributed by atoms with Gasteiger partial charge in [0.05, 0.1) is 12.2 Å². The molecule has 2 aromatic rings. The van der Waals surface area contributed by atoms with E-state index in [1.807, 2.05) is 35.2 Å². The summed E-state index contributed by atoms with van der Waals surface area (Å²) in [5.41, 5.74) is 1.95. The summed E-state index contributed by atoms with van der Waals surface area (Å²) < 4.78 is 0. The van der Waals surface area contributed by atoms with Crippen molar-refractivity contribution in [3.8, 4) is 0 Å². The number of likely N-dealkylation sites (N-methyl/N-ethyl adjacent to an activating group) is 1. The first-order chi connectivity index (χ1) is 11.7. The molecule has 5 nitrogen and oxygen atoms in total. The van der Waals surface area contributed by atoms with Crippen LogP contribution in [0, 0.1) is 0 Å². The standard InChI is InChI=1S/C18H22N4OS/c1-20-9-11-21(12-10-20)18-19-15-7-8-22(13-16(15)24-18)17(23)14-5-3-2-4-6-14/h2-6H,7-13H2,1H3. The molecular weight excluding hydrogens is 320 g/mol. The zero-order chi connectivity index (χ0) is 16.5. The third-order valence-corrected chi connectivity index (χ3v) is 5.94. The first-order valence-electron chi connectivity index (χ1n) is 8.47. The molecule has 2 aliphatic heterocycles. The number of hydrogen-bond acceptors (Lipinski definition) is 5. The van der Waals surface area contributed by atoms with Crippen LogP contribution in [0.3, 0.4) is 0 Å². The first kappa shape index (κ1) is 15.6. The Bertz CT molecular complexity index is 722. The van der Waals surface area contributed by atoms with Crippen LogP contribution in [0.4, 0.5) is 5.13 Å². The van der Waals surface area contributed by atoms with Crippen LogP contribution in [0.5, 0.6) is 0 Å². The van der Waals surface area contributed by atoms with Gasteiger partial charge in [0.15, 0.2) is 5.13 Å². The monoisotopic (exact) mass is 342 g/mol. The summed E-state index contributed by atoms with van der Waals surface area (Å²) in [5, 5.41) is 1.13. The highest BCUT2D eigenvalue weighted by Crippen LogP contribution is 2.31. The van der Waals surface area contributed by atoms with E-state index in [4.69, 9.17) is 4.98 Å². The number of fused-ring (bicyclic) bond motifs is 1. The molecule has 24 heavy (non-hydrogen) atoms. The van der Waals surface area contributed by atoms with Gasteiger partial charge in [0.1, 0.15) is 0 Å². The molecule has 3 heterocycles. The molecule has 1 aromatic heterocycles. The molecule has 1 aromatic carbocycles. The van der Waals surface area contributed by atoms with Crippen LogP contribution in [-0.4, -0.2) is 60.5 Å². The Morgan fingerprint density at radius 3 is 2.58 bits per heavy atom. The summed E-state index contributed by atoms with van der Waals surface area (Å²) in [5.74, 6) is 0.121. The van der Waals surface area contributed by atoms with Crippen LogP contribution in [0.25, 0.3) is 0 Å². The fraction of sp³-hybridized carbons (Fsp3) is 0.444. The van der Waals surface area contributed by atoms with Gasteiger partial charge in [-0.15, -0.1) is 0 Å². The van der Waals surface area contributed by atoms with Gasteiger partial charge in [0.2, 0.25) is 0 Å². The van der Waals surface area contributed by atoms with Crippen LogP contribution < -0.4 is 4.90 Å². The lowest BCUT2D eigenvalue weighted by Crippen LogP contribution is -2.44. The number of carbonyl (C=O) groups excluding carboxylic acids is 1. The fourth-order valence-corrected chi connectivity index (χ4v) is 4.43. The molecule has 0 aliphatic carbocycles. The van der Waals surface area contributed by atoms with Crippen molar-refractivity contribution in [2.75, 3.05) is 44.7 Å². The second kappa shape index (κ2) is 6.53. The van der Waals surface area contributed by atoms with Crippen molar-refractivity contribution in [2.24, 2.45) is 0 Å². The van der Waals surface area contributed by atoms with E-state index in [1.165, 1.54) is 10.6 Å². The van der Waals surface area contributed by atoms with E-state index in [9.17, 15) is 4.79 Å². The van der Waals surface area contributed by atoms with Crippen LogP contribution in [-0.2, 0) is 13.0 Å². The largest absolute Gasteiger partial charge is 0.346 e. The highest BCUT2D eigenvalue weighted by molar-refractivity contribution is 7.15. The summed E-state index contributed by atoms with van der Waals surface area (Å²) >= 11 is 1.76. The second-order valence-electron chi connectivity index (χ2n) is 6.50. The number of piperazine rings is 1. The zero-order valence-corrected chi connectivity index (χ0v) is 14.8. The average molecular weight is 342 g/mol. The Morgan fingerprint density at radius 2 is 1.83 bits per heavy atom. The van der Waals surface area contributed by atoms with E-state index in [0.717, 1.165) is 49.8 Å². The molecule has 0 radical (unpaired) electrons. The van der Waals surface area contributed by atoms with Gasteiger partial charge in [-0.1, -0.05) is 29.5 Å². The molecule has 0 unspecified atom stereocenters. The summed E-state index contributed by atoms with van der Waals surface area (Å²) in [7, 11) is 2.16. The smallest absolute Gasteiger partial charge is 0.254 e. The predicted molar refractivity (Wildman–Crippen MR) is 96.7 cm³/mol. The van der Waals surface area contributed by atoms with Gasteiger partial charge in [-0.05, 0) is 19.2 Å². The third kappa shape index (κ3) is 3.03. The predicted octanol–water partition coefficient (Wildman–Crippen LogP) is 2.09. The minimum absolute atomic E-state index is 0.121. The molecule has 6 heteroatoms. The lowest BCUT2D eigenvalue weighted by molar-refractivity contribution is 0.0736. The van der Waals surface area contributed by atoms with Gasteiger partial charge in [-0.3, -0.25) is 4.79 Å². The Kier molecular flexibility index (Phi) is 4.24. The minimum atomic E-state index is 0.121. The van der Waals surface area contributed by atoms with E-state index in [0.29, 0.717) is 6.54 Å². The minimum Gasteiger partial charge on any atom is -0.346 e. The van der Waals surface area contributed by atoms with Gasteiger partial charge in [-0.25, -0.2) is 4.98 Å². The Balaban J connectivity index is 1.48. The molecule has 0 N–H and O–H groups in total. The van der Waals surface area contributed by atoms with Crippen LogP contribution in [0.1, 0.15) is 20.9 Å². The van der Waals surface area contributed by atoms with Crippen molar-refractivity contribution < 1.29 is 4.79 Å². The van der Waals surface area contributed by atoms with Gasteiger partial charge < -0.3 is 14.7 Å². The van der Waals surface area contributed by atoms with Gasteiger partial charge >= 0.3 is 0 Å². The third-order valence-electron chi connectivity index (χ3n) is 4.80. The summed E-state index contributed by atoms with van der Waals surface area (Å²) in [6.07, 6.45) is 0.859. The number of thiazole rings is 1. The lowest BCUT2D eigenvalue weighted by Gasteiger charge is -2.32. The maximum absolute atomic E-state index is 12.6. The number of hydrogen-bond donors (Lipinski definition) is 0. The second-order valence-corrected chi connectivity index (χ2v) is 7.56. The highest BCUT2D eigenvalue weighted by atomic mass is 32.1. The van der Waals surface area contributed by atoms with Crippen molar-refractivity contribution in [1.29, 1.82) is 0 Å². The van der Waals surface area contributed by atoms with E-state index >= 15 is 0 Å². The lowest BCUT2D eigenvalue weighted by atomic mass is 10.1. The number of carbonyl (C=O) groups is 1. The van der Waals surface area contributed by atoms with Crippen molar-refractivity contribution in [2.45, 2.75) is 13.0 Å². The average Bonchev–Trinajstić information content (AvgIpc) is 3.05. The van der Waals surface area contributed by atoms with Gasteiger partial charge in [-0.2, -0.15) is 0 Å². The molecule has 0 atom stereocenters. The quantitative estimate of drug-likeness (QED) is 0.838. The van der Waals surface area contributed by atoms with Crippen molar-refractivity contribution in [3.63, 3.8) is 0 Å². The molecule has 2 aliphatic rings. The fourth-order valence-electron chi connectivity index (χ4n) is 3.25. The molecule has 126 valence electrons. The summed E-state index contributed by atoms with van der Waals surface area (Å²) in [6.45, 7) is 5.69. The summed E-state index contributed by atoms with van der Waals surface area (Å²) in [6, 6.07) is 9.55. The molecular formula is C18H22N4OS. The Morgan fingerprint density at radius 1 is 1.08 bits per heavy atom. The Labute approximate surface area is 146 Å². The molecule has 1 amide bonds. The van der Waals surface area contributed by atoms with E-state index < -0.39 is 0 Å². The number of benzene rings is 1. The number of aromatic nitrogens is 1. The van der Waals surface area contributed by atoms with E-state index in [2.05, 4.69) is 16.8 Å². The molecule has 0 spiro atoms. The maximum atomic E-state index is 12.6. The zero-order valence-electron chi connectivity index (χ0n) is 13.9. The van der Waals surface area contributed by atoms with Crippen LogP contribution in [0.2, 0.25) is 0 Å². The normalized spacial score (nSPS) is 18.5. The maximum Gasteiger partial charge on any atom is 0.254 e. The first-order valence-corrected chi connectivity index (χ1v) is 9.29. The topological polar surface area (TPSA) is 39.7 Å².